The molecule has 2 aromatic rings. The maximum Gasteiger partial charge on any atom is 0.261 e. The molecule has 0 saturated heterocycles. The lowest BCUT2D eigenvalue weighted by Crippen LogP contribution is -2.32. The molecule has 0 aliphatic rings. The number of amides is 2. The average molecular weight is 410 g/mol. The smallest absolute Gasteiger partial charge is 0.261 e. The summed E-state index contributed by atoms with van der Waals surface area (Å²) in [5.74, 6) is -1.16. The number of hydrogen-bond donors (Lipinski definition) is 2. The first-order valence-electron chi connectivity index (χ1n) is 8.58. The number of carbonyl (C=O) groups is 2. The van der Waals surface area contributed by atoms with Crippen LogP contribution in [0.3, 0.4) is 0 Å². The van der Waals surface area contributed by atoms with E-state index in [2.05, 4.69) is 31.6 Å². The fourth-order valence-electron chi connectivity index (χ4n) is 2.16. The highest BCUT2D eigenvalue weighted by Gasteiger charge is 2.12. The number of nitrogens with one attached hydrogen (secondary N) is 2. The maximum absolute atomic E-state index is 11.8. The zero-order valence-electron chi connectivity index (χ0n) is 15.7. The molecule has 0 bridgehead atoms. The Morgan fingerprint density at radius 1 is 0.700 bits per heavy atom. The number of benzene rings is 2. The van der Waals surface area contributed by atoms with E-state index in [1.165, 1.54) is 0 Å². The molecule has 154 valence electrons. The minimum atomic E-state index is -0.581. The van der Waals surface area contributed by atoms with Crippen molar-refractivity contribution in [2.45, 2.75) is 0 Å². The largest absolute Gasteiger partial charge is 0.271 e. The Kier molecular flexibility index (Phi) is 8.78. The molecule has 0 atom stereocenters. The second kappa shape index (κ2) is 12.1. The molecule has 2 rings (SSSR count). The molecular weight excluding hydrogens is 392 g/mol. The minimum Gasteiger partial charge on any atom is -0.271 e. The van der Waals surface area contributed by atoms with Gasteiger partial charge in [0.05, 0.1) is 34.4 Å². The van der Waals surface area contributed by atoms with Crippen LogP contribution < -0.4 is 20.9 Å². The summed E-state index contributed by atoms with van der Waals surface area (Å²) in [6, 6.07) is 16.9. The van der Waals surface area contributed by atoms with Crippen LogP contribution in [0.15, 0.2) is 81.4 Å². The van der Waals surface area contributed by atoms with Gasteiger partial charge in [-0.2, -0.15) is 10.2 Å². The summed E-state index contributed by atoms with van der Waals surface area (Å²) in [7, 11) is 0. The van der Waals surface area contributed by atoms with Crippen molar-refractivity contribution in [3.05, 3.63) is 70.5 Å². The van der Waals surface area contributed by atoms with Gasteiger partial charge in [-0.3, -0.25) is 9.59 Å². The number of anilines is 2. The first-order chi connectivity index (χ1) is 14.6. The van der Waals surface area contributed by atoms with Crippen LogP contribution in [0.2, 0.25) is 0 Å². The summed E-state index contributed by atoms with van der Waals surface area (Å²) >= 11 is 0. The lowest BCUT2D eigenvalue weighted by molar-refractivity contribution is -0.120. The summed E-state index contributed by atoms with van der Waals surface area (Å²) in [5.41, 5.74) is 5.31. The number of para-hydroxylation sites is 2. The van der Waals surface area contributed by atoms with E-state index in [1.54, 1.807) is 60.7 Å². The van der Waals surface area contributed by atoms with Crippen molar-refractivity contribution in [3.8, 4) is 0 Å². The van der Waals surface area contributed by atoms with Crippen LogP contribution in [0.25, 0.3) is 0 Å². The van der Waals surface area contributed by atoms with E-state index in [0.717, 1.165) is 22.4 Å². The highest BCUT2D eigenvalue weighted by atomic mass is 16.3. The standard InChI is InChI=1S/C18H18N8O4/c27-17(13-25(23-29)15-7-3-1-4-8-15)21-19-11-12-20-22-18(28)14-26(24-30)16-9-5-2-6-10-16/h1-12H,13-14H2,(H,21,27)(H,22,28)/b19-11-,20-12+. The highest BCUT2D eigenvalue weighted by Crippen LogP contribution is 2.13. The van der Waals surface area contributed by atoms with Crippen molar-refractivity contribution in [3.63, 3.8) is 0 Å². The molecule has 30 heavy (non-hydrogen) atoms. The zero-order chi connectivity index (χ0) is 21.6. The Balaban J connectivity index is 1.73. The SMILES string of the molecule is O=NN(CC(=O)N/N=C\C=N\NC(=O)CN(N=O)c1ccccc1)c1ccccc1. The fraction of sp³-hybridized carbons (Fsp3) is 0.111. The molecule has 0 aliphatic heterocycles. The third-order valence-corrected chi connectivity index (χ3v) is 3.49. The van der Waals surface area contributed by atoms with E-state index < -0.39 is 11.8 Å². The minimum absolute atomic E-state index is 0.327. The van der Waals surface area contributed by atoms with Gasteiger partial charge in [-0.25, -0.2) is 20.9 Å². The predicted molar refractivity (Wildman–Crippen MR) is 112 cm³/mol. The zero-order valence-corrected chi connectivity index (χ0v) is 15.7. The normalized spacial score (nSPS) is 10.5. The van der Waals surface area contributed by atoms with E-state index in [1.807, 2.05) is 0 Å². The molecular formula is C18H18N8O4. The number of nitroso groups, excluding NO2 is 2. The van der Waals surface area contributed by atoms with Crippen LogP contribution in [0.1, 0.15) is 0 Å². The van der Waals surface area contributed by atoms with Crippen molar-refractivity contribution in [2.24, 2.45) is 20.8 Å². The molecule has 0 saturated carbocycles. The molecule has 0 radical (unpaired) electrons. The molecule has 0 spiro atoms. The van der Waals surface area contributed by atoms with Crippen molar-refractivity contribution in [2.75, 3.05) is 23.1 Å². The van der Waals surface area contributed by atoms with Gasteiger partial charge in [-0.1, -0.05) is 36.4 Å². The number of hydrazone groups is 2. The van der Waals surface area contributed by atoms with E-state index in [9.17, 15) is 19.4 Å². The molecule has 0 aromatic heterocycles. The van der Waals surface area contributed by atoms with E-state index in [0.29, 0.717) is 11.4 Å². The lowest BCUT2D eigenvalue weighted by atomic mass is 10.3. The van der Waals surface area contributed by atoms with Gasteiger partial charge in [0.2, 0.25) is 0 Å². The maximum atomic E-state index is 11.8. The average Bonchev–Trinajstić information content (AvgIpc) is 2.79. The van der Waals surface area contributed by atoms with Crippen LogP contribution in [-0.4, -0.2) is 37.3 Å². The Labute approximate surface area is 171 Å². The molecule has 2 aromatic carbocycles. The third kappa shape index (κ3) is 7.26. The number of rotatable bonds is 11. The Morgan fingerprint density at radius 2 is 1.07 bits per heavy atom. The van der Waals surface area contributed by atoms with Gasteiger partial charge >= 0.3 is 0 Å². The predicted octanol–water partition coefficient (Wildman–Crippen LogP) is 1.57. The van der Waals surface area contributed by atoms with E-state index in [-0.39, 0.29) is 13.1 Å². The van der Waals surface area contributed by atoms with Crippen molar-refractivity contribution < 1.29 is 9.59 Å². The van der Waals surface area contributed by atoms with Gasteiger partial charge in [0, 0.05) is 0 Å². The van der Waals surface area contributed by atoms with Crippen molar-refractivity contribution in [1.82, 2.24) is 10.9 Å². The van der Waals surface area contributed by atoms with Gasteiger partial charge in [-0.05, 0) is 24.3 Å². The highest BCUT2D eigenvalue weighted by molar-refractivity contribution is 6.16. The summed E-state index contributed by atoms with van der Waals surface area (Å²) < 4.78 is 0. The first-order valence-corrected chi connectivity index (χ1v) is 8.58. The fourth-order valence-corrected chi connectivity index (χ4v) is 2.16. The van der Waals surface area contributed by atoms with Crippen LogP contribution in [0, 0.1) is 9.81 Å². The summed E-state index contributed by atoms with van der Waals surface area (Å²) in [4.78, 5) is 45.3. The molecule has 0 heterocycles. The van der Waals surface area contributed by atoms with Crippen LogP contribution in [-0.2, 0) is 9.59 Å². The van der Waals surface area contributed by atoms with E-state index >= 15 is 0 Å². The van der Waals surface area contributed by atoms with E-state index in [4.69, 9.17) is 0 Å². The van der Waals surface area contributed by atoms with Crippen LogP contribution >= 0.6 is 0 Å². The third-order valence-electron chi connectivity index (χ3n) is 3.49. The van der Waals surface area contributed by atoms with Crippen LogP contribution in [0.4, 0.5) is 11.4 Å². The number of nitrogens with zero attached hydrogens (tertiary/aromatic N) is 6. The van der Waals surface area contributed by atoms with Gasteiger partial charge in [0.1, 0.15) is 13.1 Å². The van der Waals surface area contributed by atoms with Crippen LogP contribution in [0.5, 0.6) is 0 Å². The van der Waals surface area contributed by atoms with Crippen molar-refractivity contribution >= 4 is 35.6 Å². The molecule has 2 amide bonds. The number of carbonyl (C=O) groups excluding carboxylic acids is 2. The summed E-state index contributed by atoms with van der Waals surface area (Å²) in [5, 5.41) is 14.7. The number of hydrogen-bond acceptors (Lipinski definition) is 8. The second-order valence-corrected chi connectivity index (χ2v) is 5.58. The molecule has 0 aliphatic carbocycles. The quantitative estimate of drug-likeness (QED) is 0.326. The molecule has 12 heteroatoms. The van der Waals surface area contributed by atoms with Gasteiger partial charge in [-0.15, -0.1) is 9.81 Å². The Hall–Kier alpha value is -4.48. The second-order valence-electron chi connectivity index (χ2n) is 5.58. The molecule has 12 nitrogen and oxygen atoms in total. The monoisotopic (exact) mass is 410 g/mol. The summed E-state index contributed by atoms with van der Waals surface area (Å²) in [6.45, 7) is -0.653. The van der Waals surface area contributed by atoms with Gasteiger partial charge in [0.25, 0.3) is 11.8 Å². The van der Waals surface area contributed by atoms with Crippen molar-refractivity contribution in [1.29, 1.82) is 0 Å². The topological polar surface area (TPSA) is 148 Å². The molecule has 0 unspecified atom stereocenters. The van der Waals surface area contributed by atoms with Gasteiger partial charge in [0.15, 0.2) is 0 Å². The Bertz CT molecular complexity index is 829. The molecule has 0 fully saturated rings. The lowest BCUT2D eigenvalue weighted by Gasteiger charge is -2.13. The Morgan fingerprint density at radius 3 is 1.40 bits per heavy atom. The first kappa shape index (κ1) is 21.8. The summed E-state index contributed by atoms with van der Waals surface area (Å²) in [6.07, 6.45) is 2.23. The van der Waals surface area contributed by atoms with Gasteiger partial charge < -0.3 is 0 Å². The molecule has 2 N–H and O–H groups in total.